The molecule has 1 aliphatic heterocycles. The Labute approximate surface area is 204 Å². The van der Waals surface area contributed by atoms with Gasteiger partial charge in [0.2, 0.25) is 0 Å². The average Bonchev–Trinajstić information content (AvgIpc) is 3.23. The van der Waals surface area contributed by atoms with Crippen molar-refractivity contribution in [2.24, 2.45) is 0 Å². The second-order valence-electron chi connectivity index (χ2n) is 7.66. The summed E-state index contributed by atoms with van der Waals surface area (Å²) in [6.07, 6.45) is 3.00. The molecule has 1 fully saturated rings. The van der Waals surface area contributed by atoms with Crippen molar-refractivity contribution in [3.63, 3.8) is 0 Å². The Morgan fingerprint density at radius 3 is 2.32 bits per heavy atom. The highest BCUT2D eigenvalue weighted by Crippen LogP contribution is 2.27. The number of rotatable bonds is 6. The molecule has 0 bridgehead atoms. The zero-order chi connectivity index (χ0) is 24.2. The predicted octanol–water partition coefficient (Wildman–Crippen LogP) is 3.82. The molecule has 0 atom stereocenters. The van der Waals surface area contributed by atoms with Crippen molar-refractivity contribution in [1.82, 2.24) is 20.4 Å². The molecule has 3 aromatic rings. The van der Waals surface area contributed by atoms with Gasteiger partial charge in [0, 0.05) is 18.2 Å². The highest BCUT2D eigenvalue weighted by Gasteiger charge is 2.24. The van der Waals surface area contributed by atoms with E-state index in [0.29, 0.717) is 5.69 Å². The lowest BCUT2D eigenvalue weighted by atomic mass is 10.1. The van der Waals surface area contributed by atoms with E-state index in [9.17, 15) is 19.7 Å². The molecule has 3 N–H and O–H groups in total. The van der Waals surface area contributed by atoms with E-state index in [2.05, 4.69) is 21.0 Å². The maximum Gasteiger partial charge on any atom is 0.274 e. The van der Waals surface area contributed by atoms with Gasteiger partial charge in [-0.3, -0.25) is 19.7 Å². The number of nitrogens with one attached hydrogen (secondary N) is 3. The third-order valence-corrected chi connectivity index (χ3v) is 6.00. The second kappa shape index (κ2) is 10.2. The summed E-state index contributed by atoms with van der Waals surface area (Å²) in [4.78, 5) is 36.5. The SMILES string of the molecule is O=C(NC1CCNCC1)c1nn(-c2ccc([N+](=O)[O-])cc2)cc1NC(=O)c1c(Cl)cccc1Cl. The van der Waals surface area contributed by atoms with Crippen LogP contribution < -0.4 is 16.0 Å². The molecule has 10 nitrogen and oxygen atoms in total. The number of anilines is 1. The average molecular weight is 503 g/mol. The number of aromatic nitrogens is 2. The minimum atomic E-state index is -0.602. The third kappa shape index (κ3) is 5.19. The normalized spacial score (nSPS) is 13.9. The molecule has 1 aromatic heterocycles. The van der Waals surface area contributed by atoms with Gasteiger partial charge >= 0.3 is 0 Å². The molecule has 1 saturated heterocycles. The fraction of sp³-hybridized carbons (Fsp3) is 0.227. The van der Waals surface area contributed by atoms with Gasteiger partial charge in [-0.2, -0.15) is 5.10 Å². The Hall–Kier alpha value is -3.47. The summed E-state index contributed by atoms with van der Waals surface area (Å²) < 4.78 is 1.37. The van der Waals surface area contributed by atoms with E-state index >= 15 is 0 Å². The molecule has 0 aliphatic carbocycles. The number of amides is 2. The van der Waals surface area contributed by atoms with Crippen LogP contribution in [0.4, 0.5) is 11.4 Å². The smallest absolute Gasteiger partial charge is 0.274 e. The molecular formula is C22H20Cl2N6O4. The second-order valence-corrected chi connectivity index (χ2v) is 8.47. The highest BCUT2D eigenvalue weighted by molar-refractivity contribution is 6.40. The number of nitro groups is 1. The van der Waals surface area contributed by atoms with Crippen LogP contribution in [-0.4, -0.2) is 45.6 Å². The number of halogens is 2. The van der Waals surface area contributed by atoms with E-state index in [1.54, 1.807) is 6.07 Å². The lowest BCUT2D eigenvalue weighted by molar-refractivity contribution is -0.384. The van der Waals surface area contributed by atoms with Crippen LogP contribution in [0, 0.1) is 10.1 Å². The van der Waals surface area contributed by atoms with Gasteiger partial charge in [-0.05, 0) is 50.2 Å². The minimum Gasteiger partial charge on any atom is -0.348 e. The van der Waals surface area contributed by atoms with Gasteiger partial charge < -0.3 is 16.0 Å². The number of hydrogen-bond acceptors (Lipinski definition) is 6. The Balaban J connectivity index is 1.67. The van der Waals surface area contributed by atoms with E-state index in [1.807, 2.05) is 0 Å². The van der Waals surface area contributed by atoms with E-state index in [-0.39, 0.29) is 38.7 Å². The minimum absolute atomic E-state index is 0.00610. The predicted molar refractivity (Wildman–Crippen MR) is 128 cm³/mol. The number of nitro benzene ring substituents is 1. The number of piperidine rings is 1. The van der Waals surface area contributed by atoms with Gasteiger partial charge in [-0.15, -0.1) is 0 Å². The summed E-state index contributed by atoms with van der Waals surface area (Å²) in [5.74, 6) is -1.05. The lowest BCUT2D eigenvalue weighted by Gasteiger charge is -2.23. The quantitative estimate of drug-likeness (QED) is 0.346. The molecule has 1 aliphatic rings. The summed E-state index contributed by atoms with van der Waals surface area (Å²) >= 11 is 12.3. The van der Waals surface area contributed by atoms with Crippen LogP contribution >= 0.6 is 23.2 Å². The van der Waals surface area contributed by atoms with Crippen molar-refractivity contribution >= 4 is 46.4 Å². The summed E-state index contributed by atoms with van der Waals surface area (Å²) in [6, 6.07) is 10.3. The monoisotopic (exact) mass is 502 g/mol. The third-order valence-electron chi connectivity index (χ3n) is 5.37. The molecule has 0 spiro atoms. The number of nitrogens with zero attached hydrogens (tertiary/aromatic N) is 3. The van der Waals surface area contributed by atoms with Crippen LogP contribution in [-0.2, 0) is 0 Å². The highest BCUT2D eigenvalue weighted by atomic mass is 35.5. The molecule has 176 valence electrons. The first-order chi connectivity index (χ1) is 16.3. The largest absolute Gasteiger partial charge is 0.348 e. The zero-order valence-corrected chi connectivity index (χ0v) is 19.3. The van der Waals surface area contributed by atoms with Gasteiger partial charge in [-0.25, -0.2) is 4.68 Å². The number of non-ortho nitro benzene ring substituents is 1. The molecule has 0 saturated carbocycles. The fourth-order valence-corrected chi connectivity index (χ4v) is 4.18. The fourth-order valence-electron chi connectivity index (χ4n) is 3.61. The van der Waals surface area contributed by atoms with E-state index in [0.717, 1.165) is 25.9 Å². The molecule has 0 radical (unpaired) electrons. The van der Waals surface area contributed by atoms with Gasteiger partial charge in [0.15, 0.2) is 5.69 Å². The van der Waals surface area contributed by atoms with Crippen molar-refractivity contribution in [2.45, 2.75) is 18.9 Å². The maximum absolute atomic E-state index is 13.1. The van der Waals surface area contributed by atoms with E-state index in [1.165, 1.54) is 47.3 Å². The Morgan fingerprint density at radius 2 is 1.71 bits per heavy atom. The topological polar surface area (TPSA) is 131 Å². The summed E-state index contributed by atoms with van der Waals surface area (Å²) in [7, 11) is 0. The molecule has 2 amide bonds. The van der Waals surface area contributed by atoms with Crippen LogP contribution in [0.2, 0.25) is 10.0 Å². The van der Waals surface area contributed by atoms with Crippen molar-refractivity contribution in [3.05, 3.63) is 80.1 Å². The summed E-state index contributed by atoms with van der Waals surface area (Å²) in [6.45, 7) is 1.58. The Bertz CT molecular complexity index is 1220. The van der Waals surface area contributed by atoms with Gasteiger partial charge in [0.05, 0.1) is 38.1 Å². The lowest BCUT2D eigenvalue weighted by Crippen LogP contribution is -2.43. The van der Waals surface area contributed by atoms with Crippen LogP contribution in [0.5, 0.6) is 0 Å². The number of carbonyl (C=O) groups is 2. The van der Waals surface area contributed by atoms with Crippen molar-refractivity contribution < 1.29 is 14.5 Å². The van der Waals surface area contributed by atoms with E-state index < -0.39 is 16.7 Å². The number of carbonyl (C=O) groups excluding carboxylic acids is 2. The molecule has 2 heterocycles. The summed E-state index contributed by atoms with van der Waals surface area (Å²) in [5.41, 5.74) is 0.595. The van der Waals surface area contributed by atoms with Crippen LogP contribution in [0.3, 0.4) is 0 Å². The maximum atomic E-state index is 13.1. The van der Waals surface area contributed by atoms with Crippen molar-refractivity contribution in [1.29, 1.82) is 0 Å². The van der Waals surface area contributed by atoms with E-state index in [4.69, 9.17) is 23.2 Å². The Morgan fingerprint density at radius 1 is 1.06 bits per heavy atom. The molecular weight excluding hydrogens is 483 g/mol. The first-order valence-electron chi connectivity index (χ1n) is 10.4. The molecule has 2 aromatic carbocycles. The number of benzene rings is 2. The molecule has 12 heteroatoms. The van der Waals surface area contributed by atoms with Crippen molar-refractivity contribution in [2.75, 3.05) is 18.4 Å². The first-order valence-corrected chi connectivity index (χ1v) is 11.2. The summed E-state index contributed by atoms with van der Waals surface area (Å²) in [5, 5.41) is 24.5. The molecule has 0 unspecified atom stereocenters. The number of hydrogen-bond donors (Lipinski definition) is 3. The van der Waals surface area contributed by atoms with Gasteiger partial charge in [0.1, 0.15) is 0 Å². The van der Waals surface area contributed by atoms with Gasteiger partial charge in [0.25, 0.3) is 17.5 Å². The molecule has 4 rings (SSSR count). The van der Waals surface area contributed by atoms with Crippen LogP contribution in [0.25, 0.3) is 5.69 Å². The van der Waals surface area contributed by atoms with Gasteiger partial charge in [-0.1, -0.05) is 29.3 Å². The standard InChI is InChI=1S/C22H20Cl2N6O4/c23-16-2-1-3-17(24)19(16)21(31)27-18-12-29(14-4-6-15(7-5-14)30(33)34)28-20(18)22(32)26-13-8-10-25-11-9-13/h1-7,12-13,25H,8-11H2,(H,26,32)(H,27,31). The van der Waals surface area contributed by atoms with Crippen LogP contribution in [0.15, 0.2) is 48.7 Å². The molecule has 34 heavy (non-hydrogen) atoms. The van der Waals surface area contributed by atoms with Crippen molar-refractivity contribution in [3.8, 4) is 5.69 Å². The Kier molecular flexibility index (Phi) is 7.11. The van der Waals surface area contributed by atoms with Crippen LogP contribution in [0.1, 0.15) is 33.7 Å². The first kappa shape index (κ1) is 23.7. The zero-order valence-electron chi connectivity index (χ0n) is 17.8.